The van der Waals surface area contributed by atoms with Crippen molar-refractivity contribution < 1.29 is 23.4 Å². The number of carboxylic acids is 1. The quantitative estimate of drug-likeness (QED) is 0.697. The SMILES string of the molecule is Cc1cc(O)ccc1NS(=O)(=O)C(C)C(=O)O. The molecule has 3 N–H and O–H groups in total. The summed E-state index contributed by atoms with van der Waals surface area (Å²) in [5.41, 5.74) is 0.752. The van der Waals surface area contributed by atoms with Crippen molar-refractivity contribution in [3.63, 3.8) is 0 Å². The normalized spacial score (nSPS) is 13.1. The van der Waals surface area contributed by atoms with E-state index in [0.717, 1.165) is 6.92 Å². The first kappa shape index (κ1) is 13.3. The van der Waals surface area contributed by atoms with Gasteiger partial charge in [0.1, 0.15) is 5.75 Å². The Morgan fingerprint density at radius 2 is 2.00 bits per heavy atom. The Morgan fingerprint density at radius 3 is 2.47 bits per heavy atom. The highest BCUT2D eigenvalue weighted by Gasteiger charge is 2.27. The number of hydrogen-bond donors (Lipinski definition) is 3. The first-order valence-electron chi connectivity index (χ1n) is 4.78. The lowest BCUT2D eigenvalue weighted by Crippen LogP contribution is -2.32. The number of aryl methyl sites for hydroxylation is 1. The van der Waals surface area contributed by atoms with Crippen molar-refractivity contribution in [2.45, 2.75) is 19.1 Å². The second kappa shape index (κ2) is 4.62. The molecule has 1 atom stereocenters. The highest BCUT2D eigenvalue weighted by Crippen LogP contribution is 2.22. The maximum absolute atomic E-state index is 11.6. The third kappa shape index (κ3) is 3.10. The maximum Gasteiger partial charge on any atom is 0.323 e. The van der Waals surface area contributed by atoms with Crippen molar-refractivity contribution in [2.24, 2.45) is 0 Å². The van der Waals surface area contributed by atoms with E-state index in [0.29, 0.717) is 5.56 Å². The van der Waals surface area contributed by atoms with Gasteiger partial charge in [-0.25, -0.2) is 8.42 Å². The minimum atomic E-state index is -3.98. The van der Waals surface area contributed by atoms with Crippen LogP contribution in [0.5, 0.6) is 5.75 Å². The van der Waals surface area contributed by atoms with Gasteiger partial charge in [-0.1, -0.05) is 0 Å². The molecule has 0 spiro atoms. The molecule has 0 amide bonds. The number of anilines is 1. The molecule has 1 unspecified atom stereocenters. The molecule has 7 heteroatoms. The van der Waals surface area contributed by atoms with Gasteiger partial charge in [-0.3, -0.25) is 9.52 Å². The summed E-state index contributed by atoms with van der Waals surface area (Å²) in [6, 6.07) is 4.07. The predicted octanol–water partition coefficient (Wildman–Crippen LogP) is 0.915. The van der Waals surface area contributed by atoms with Crippen molar-refractivity contribution in [1.82, 2.24) is 0 Å². The van der Waals surface area contributed by atoms with Gasteiger partial charge in [-0.15, -0.1) is 0 Å². The maximum atomic E-state index is 11.6. The third-order valence-electron chi connectivity index (χ3n) is 2.28. The summed E-state index contributed by atoms with van der Waals surface area (Å²) in [4.78, 5) is 10.6. The molecule has 6 nitrogen and oxygen atoms in total. The van der Waals surface area contributed by atoms with E-state index in [4.69, 9.17) is 10.2 Å². The number of nitrogens with one attached hydrogen (secondary N) is 1. The zero-order valence-electron chi connectivity index (χ0n) is 9.34. The molecule has 0 saturated heterocycles. The average molecular weight is 259 g/mol. The lowest BCUT2D eigenvalue weighted by molar-refractivity contribution is -0.136. The van der Waals surface area contributed by atoms with E-state index in [-0.39, 0.29) is 11.4 Å². The Balaban J connectivity index is 3.02. The van der Waals surface area contributed by atoms with Gasteiger partial charge < -0.3 is 10.2 Å². The van der Waals surface area contributed by atoms with Crippen LogP contribution in [0.1, 0.15) is 12.5 Å². The van der Waals surface area contributed by atoms with Gasteiger partial charge in [0.25, 0.3) is 0 Å². The standard InChI is InChI=1S/C10H13NO5S/c1-6-5-8(12)3-4-9(6)11-17(15,16)7(2)10(13)14/h3-5,7,11-12H,1-2H3,(H,13,14). The van der Waals surface area contributed by atoms with Crippen LogP contribution in [0.3, 0.4) is 0 Å². The summed E-state index contributed by atoms with van der Waals surface area (Å²) in [7, 11) is -3.98. The van der Waals surface area contributed by atoms with E-state index >= 15 is 0 Å². The van der Waals surface area contributed by atoms with Crippen LogP contribution in [0.15, 0.2) is 18.2 Å². The minimum Gasteiger partial charge on any atom is -0.508 e. The average Bonchev–Trinajstić information content (AvgIpc) is 2.21. The van der Waals surface area contributed by atoms with Gasteiger partial charge in [0.15, 0.2) is 5.25 Å². The largest absolute Gasteiger partial charge is 0.508 e. The molecule has 0 saturated carbocycles. The van der Waals surface area contributed by atoms with Gasteiger partial charge in [0.05, 0.1) is 5.69 Å². The van der Waals surface area contributed by atoms with Gasteiger partial charge in [0.2, 0.25) is 10.0 Å². The number of rotatable bonds is 4. The number of aliphatic carboxylic acids is 1. The number of aromatic hydroxyl groups is 1. The fourth-order valence-corrected chi connectivity index (χ4v) is 2.11. The number of phenolic OH excluding ortho intramolecular Hbond substituents is 1. The summed E-state index contributed by atoms with van der Waals surface area (Å²) < 4.78 is 25.4. The van der Waals surface area contributed by atoms with Gasteiger partial charge in [-0.05, 0) is 37.6 Å². The molecular weight excluding hydrogens is 246 g/mol. The van der Waals surface area contributed by atoms with E-state index in [1.165, 1.54) is 18.2 Å². The van der Waals surface area contributed by atoms with Crippen LogP contribution in [0, 0.1) is 6.92 Å². The van der Waals surface area contributed by atoms with Crippen LogP contribution >= 0.6 is 0 Å². The van der Waals surface area contributed by atoms with Crippen LogP contribution in [-0.4, -0.2) is 29.9 Å². The van der Waals surface area contributed by atoms with Crippen molar-refractivity contribution in [2.75, 3.05) is 4.72 Å². The van der Waals surface area contributed by atoms with Gasteiger partial charge in [0, 0.05) is 0 Å². The van der Waals surface area contributed by atoms with E-state index < -0.39 is 21.2 Å². The molecule has 1 aromatic carbocycles. The molecule has 0 aliphatic carbocycles. The number of phenols is 1. The Hall–Kier alpha value is -1.76. The van der Waals surface area contributed by atoms with Crippen LogP contribution in [0.2, 0.25) is 0 Å². The van der Waals surface area contributed by atoms with E-state index in [9.17, 15) is 13.2 Å². The number of hydrogen-bond acceptors (Lipinski definition) is 4. The summed E-state index contributed by atoms with van der Waals surface area (Å²) >= 11 is 0. The number of carbonyl (C=O) groups is 1. The molecule has 0 aliphatic rings. The third-order valence-corrected chi connectivity index (χ3v) is 3.91. The van der Waals surface area contributed by atoms with Crippen LogP contribution in [-0.2, 0) is 14.8 Å². The van der Waals surface area contributed by atoms with Gasteiger partial charge >= 0.3 is 5.97 Å². The molecule has 0 heterocycles. The summed E-state index contributed by atoms with van der Waals surface area (Å²) in [6.07, 6.45) is 0. The lowest BCUT2D eigenvalue weighted by Gasteiger charge is -2.13. The topological polar surface area (TPSA) is 104 Å². The summed E-state index contributed by atoms with van der Waals surface area (Å²) in [5, 5.41) is 16.3. The Kier molecular flexibility index (Phi) is 3.62. The number of sulfonamides is 1. The number of carboxylic acid groups (broad SMARTS) is 1. The highest BCUT2D eigenvalue weighted by atomic mass is 32.2. The molecule has 94 valence electrons. The van der Waals surface area contributed by atoms with E-state index in [2.05, 4.69) is 4.72 Å². The molecule has 0 bridgehead atoms. The van der Waals surface area contributed by atoms with Crippen molar-refractivity contribution in [3.8, 4) is 5.75 Å². The lowest BCUT2D eigenvalue weighted by atomic mass is 10.2. The molecule has 17 heavy (non-hydrogen) atoms. The number of benzene rings is 1. The van der Waals surface area contributed by atoms with Crippen molar-refractivity contribution >= 4 is 21.7 Å². The smallest absolute Gasteiger partial charge is 0.323 e. The second-order valence-corrected chi connectivity index (χ2v) is 5.63. The van der Waals surface area contributed by atoms with Crippen LogP contribution < -0.4 is 4.72 Å². The summed E-state index contributed by atoms with van der Waals surface area (Å²) in [6.45, 7) is 2.68. The Bertz CT molecular complexity index is 538. The fourth-order valence-electron chi connectivity index (χ4n) is 1.14. The monoisotopic (exact) mass is 259 g/mol. The zero-order chi connectivity index (χ0) is 13.2. The predicted molar refractivity (Wildman–Crippen MR) is 62.5 cm³/mol. The minimum absolute atomic E-state index is 0.0109. The highest BCUT2D eigenvalue weighted by molar-refractivity contribution is 7.94. The molecule has 0 aliphatic heterocycles. The molecule has 0 radical (unpaired) electrons. The van der Waals surface area contributed by atoms with Crippen molar-refractivity contribution in [3.05, 3.63) is 23.8 Å². The van der Waals surface area contributed by atoms with Crippen LogP contribution in [0.4, 0.5) is 5.69 Å². The van der Waals surface area contributed by atoms with E-state index in [1.807, 2.05) is 0 Å². The zero-order valence-corrected chi connectivity index (χ0v) is 10.2. The summed E-state index contributed by atoms with van der Waals surface area (Å²) in [5.74, 6) is -1.41. The van der Waals surface area contributed by atoms with E-state index in [1.54, 1.807) is 6.92 Å². The van der Waals surface area contributed by atoms with Crippen molar-refractivity contribution in [1.29, 1.82) is 0 Å². The first-order chi connectivity index (χ1) is 7.74. The molecule has 1 rings (SSSR count). The van der Waals surface area contributed by atoms with Gasteiger partial charge in [-0.2, -0.15) is 0 Å². The van der Waals surface area contributed by atoms with Crippen LogP contribution in [0.25, 0.3) is 0 Å². The molecule has 0 aromatic heterocycles. The second-order valence-electron chi connectivity index (χ2n) is 3.63. The first-order valence-corrected chi connectivity index (χ1v) is 6.32. The Labute approximate surface area is 99.0 Å². The molecular formula is C10H13NO5S. The molecule has 0 fully saturated rings. The molecule has 1 aromatic rings. The fraction of sp³-hybridized carbons (Fsp3) is 0.300. The Morgan fingerprint density at radius 1 is 1.41 bits per heavy atom.